The first-order valence-corrected chi connectivity index (χ1v) is 9.45. The molecule has 2 unspecified atom stereocenters. The van der Waals surface area contributed by atoms with Crippen molar-refractivity contribution in [2.24, 2.45) is 0 Å². The van der Waals surface area contributed by atoms with Crippen LogP contribution in [-0.2, 0) is 4.79 Å². The fourth-order valence-corrected chi connectivity index (χ4v) is 3.58. The van der Waals surface area contributed by atoms with E-state index in [1.54, 1.807) is 6.07 Å². The van der Waals surface area contributed by atoms with Crippen LogP contribution in [0.3, 0.4) is 0 Å². The number of rotatable bonds is 6. The summed E-state index contributed by atoms with van der Waals surface area (Å²) in [6.07, 6.45) is 1.11. The molecule has 0 saturated carbocycles. The van der Waals surface area contributed by atoms with Gasteiger partial charge >= 0.3 is 12.0 Å². The number of nitrogens with one attached hydrogen (secondary N) is 2. The lowest BCUT2D eigenvalue weighted by Crippen LogP contribution is -2.48. The molecule has 2 amide bonds. The number of benzene rings is 1. The third-order valence-corrected chi connectivity index (χ3v) is 5.02. The maximum absolute atomic E-state index is 14.0. The van der Waals surface area contributed by atoms with Crippen molar-refractivity contribution in [1.82, 2.24) is 15.5 Å². The van der Waals surface area contributed by atoms with Crippen molar-refractivity contribution in [2.45, 2.75) is 57.7 Å². The number of hydrogen-bond donors (Lipinski definition) is 3. The van der Waals surface area contributed by atoms with E-state index in [1.165, 1.54) is 12.1 Å². The molecule has 1 aliphatic heterocycles. The van der Waals surface area contributed by atoms with Crippen molar-refractivity contribution in [3.63, 3.8) is 0 Å². The largest absolute Gasteiger partial charge is 0.481 e. The SMILES string of the molecule is CC(C)(C)N1CCC(NC(=O)NCCCC(=O)O)C1c1ccc(Cl)c(F)c1. The predicted molar refractivity (Wildman–Crippen MR) is 102 cm³/mol. The Kier molecular flexibility index (Phi) is 7.06. The molecular weight excluding hydrogens is 373 g/mol. The van der Waals surface area contributed by atoms with Crippen molar-refractivity contribution >= 4 is 23.6 Å². The van der Waals surface area contributed by atoms with Gasteiger partial charge < -0.3 is 15.7 Å². The highest BCUT2D eigenvalue weighted by Crippen LogP contribution is 2.38. The molecule has 150 valence electrons. The number of likely N-dealkylation sites (tertiary alicyclic amines) is 1. The summed E-state index contributed by atoms with van der Waals surface area (Å²) in [5.74, 6) is -1.37. The minimum absolute atomic E-state index is 0.00812. The Balaban J connectivity index is 2.10. The van der Waals surface area contributed by atoms with Crippen molar-refractivity contribution < 1.29 is 19.1 Å². The summed E-state index contributed by atoms with van der Waals surface area (Å²) in [6, 6.07) is 4.04. The molecule has 0 bridgehead atoms. The quantitative estimate of drug-likeness (QED) is 0.639. The Labute approximate surface area is 164 Å². The minimum Gasteiger partial charge on any atom is -0.481 e. The molecule has 0 radical (unpaired) electrons. The summed E-state index contributed by atoms with van der Waals surface area (Å²) in [6.45, 7) is 7.30. The van der Waals surface area contributed by atoms with E-state index in [2.05, 4.69) is 36.3 Å². The van der Waals surface area contributed by atoms with Crippen LogP contribution in [0.1, 0.15) is 51.6 Å². The van der Waals surface area contributed by atoms with Crippen LogP contribution in [0.4, 0.5) is 9.18 Å². The van der Waals surface area contributed by atoms with Gasteiger partial charge in [0.25, 0.3) is 0 Å². The maximum atomic E-state index is 14.0. The summed E-state index contributed by atoms with van der Waals surface area (Å²) >= 11 is 5.82. The van der Waals surface area contributed by atoms with Gasteiger partial charge in [-0.05, 0) is 51.3 Å². The number of carbonyl (C=O) groups is 2. The van der Waals surface area contributed by atoms with Gasteiger partial charge in [-0.3, -0.25) is 9.69 Å². The number of amides is 2. The van der Waals surface area contributed by atoms with Crippen LogP contribution in [0.2, 0.25) is 5.02 Å². The fraction of sp³-hybridized carbons (Fsp3) is 0.579. The highest BCUT2D eigenvalue weighted by Gasteiger charge is 2.41. The van der Waals surface area contributed by atoms with Crippen LogP contribution in [0.5, 0.6) is 0 Å². The van der Waals surface area contributed by atoms with Crippen LogP contribution in [0, 0.1) is 5.82 Å². The van der Waals surface area contributed by atoms with Gasteiger partial charge in [0.2, 0.25) is 0 Å². The number of halogens is 2. The first-order chi connectivity index (χ1) is 12.6. The Bertz CT molecular complexity index is 693. The van der Waals surface area contributed by atoms with Crippen molar-refractivity contribution in [3.05, 3.63) is 34.6 Å². The van der Waals surface area contributed by atoms with Gasteiger partial charge in [-0.25, -0.2) is 9.18 Å². The molecule has 1 fully saturated rings. The molecule has 8 heteroatoms. The van der Waals surface area contributed by atoms with Gasteiger partial charge in [0.05, 0.1) is 17.1 Å². The monoisotopic (exact) mass is 399 g/mol. The molecule has 6 nitrogen and oxygen atoms in total. The molecule has 0 aliphatic carbocycles. The van der Waals surface area contributed by atoms with Gasteiger partial charge in [0.15, 0.2) is 0 Å². The van der Waals surface area contributed by atoms with Crippen LogP contribution >= 0.6 is 11.6 Å². The zero-order valence-electron chi connectivity index (χ0n) is 15.9. The standard InChI is InChI=1S/C19H27ClFN3O3/c1-19(2,3)24-10-8-15(23-18(27)22-9-4-5-16(25)26)17(24)12-6-7-13(20)14(21)11-12/h6-7,11,15,17H,4-5,8-10H2,1-3H3,(H,25,26)(H2,22,23,27). The van der Waals surface area contributed by atoms with E-state index >= 15 is 0 Å². The predicted octanol–water partition coefficient (Wildman–Crippen LogP) is 3.56. The number of hydrogen-bond acceptors (Lipinski definition) is 3. The molecule has 27 heavy (non-hydrogen) atoms. The second-order valence-corrected chi connectivity index (χ2v) is 8.18. The molecule has 1 saturated heterocycles. The lowest BCUT2D eigenvalue weighted by Gasteiger charge is -2.39. The van der Waals surface area contributed by atoms with E-state index in [4.69, 9.17) is 16.7 Å². The van der Waals surface area contributed by atoms with Gasteiger partial charge in [-0.15, -0.1) is 0 Å². The minimum atomic E-state index is -0.890. The summed E-state index contributed by atoms with van der Waals surface area (Å²) in [5, 5.41) is 14.4. The van der Waals surface area contributed by atoms with E-state index in [-0.39, 0.29) is 41.6 Å². The van der Waals surface area contributed by atoms with Crippen molar-refractivity contribution in [3.8, 4) is 0 Å². The maximum Gasteiger partial charge on any atom is 0.315 e. The highest BCUT2D eigenvalue weighted by atomic mass is 35.5. The molecule has 2 rings (SSSR count). The normalized spacial score (nSPS) is 20.5. The van der Waals surface area contributed by atoms with Gasteiger partial charge in [-0.2, -0.15) is 0 Å². The number of carboxylic acid groups (broad SMARTS) is 1. The van der Waals surface area contributed by atoms with E-state index in [0.29, 0.717) is 6.42 Å². The van der Waals surface area contributed by atoms with Crippen LogP contribution in [0.15, 0.2) is 18.2 Å². The van der Waals surface area contributed by atoms with E-state index < -0.39 is 11.8 Å². The van der Waals surface area contributed by atoms with Crippen LogP contribution in [0.25, 0.3) is 0 Å². The molecule has 1 aromatic carbocycles. The molecule has 2 atom stereocenters. The third-order valence-electron chi connectivity index (χ3n) is 4.71. The number of carbonyl (C=O) groups excluding carboxylic acids is 1. The van der Waals surface area contributed by atoms with Gasteiger partial charge in [-0.1, -0.05) is 17.7 Å². The summed E-state index contributed by atoms with van der Waals surface area (Å²) < 4.78 is 14.0. The fourth-order valence-electron chi connectivity index (χ4n) is 3.47. The number of nitrogens with zero attached hydrogens (tertiary/aromatic N) is 1. The Morgan fingerprint density at radius 1 is 1.37 bits per heavy atom. The summed E-state index contributed by atoms with van der Waals surface area (Å²) in [5.41, 5.74) is 0.607. The zero-order chi connectivity index (χ0) is 20.2. The smallest absolute Gasteiger partial charge is 0.315 e. The van der Waals surface area contributed by atoms with Crippen molar-refractivity contribution in [2.75, 3.05) is 13.1 Å². The topological polar surface area (TPSA) is 81.7 Å². The van der Waals surface area contributed by atoms with Crippen LogP contribution < -0.4 is 10.6 Å². The third kappa shape index (κ3) is 5.81. The van der Waals surface area contributed by atoms with E-state index in [9.17, 15) is 14.0 Å². The van der Waals surface area contributed by atoms with Gasteiger partial charge in [0, 0.05) is 25.0 Å². The average Bonchev–Trinajstić information content (AvgIpc) is 2.98. The van der Waals surface area contributed by atoms with E-state index in [0.717, 1.165) is 18.5 Å². The van der Waals surface area contributed by atoms with Crippen molar-refractivity contribution in [1.29, 1.82) is 0 Å². The Hall–Kier alpha value is -1.86. The lowest BCUT2D eigenvalue weighted by molar-refractivity contribution is -0.137. The van der Waals surface area contributed by atoms with Crippen LogP contribution in [-0.4, -0.2) is 46.7 Å². The zero-order valence-corrected chi connectivity index (χ0v) is 16.6. The molecule has 0 aromatic heterocycles. The summed E-state index contributed by atoms with van der Waals surface area (Å²) in [4.78, 5) is 25.0. The second kappa shape index (κ2) is 8.89. The molecule has 1 aliphatic rings. The summed E-state index contributed by atoms with van der Waals surface area (Å²) in [7, 11) is 0. The average molecular weight is 400 g/mol. The van der Waals surface area contributed by atoms with E-state index in [1.807, 2.05) is 0 Å². The first-order valence-electron chi connectivity index (χ1n) is 9.07. The molecule has 0 spiro atoms. The molecule has 1 aromatic rings. The Morgan fingerprint density at radius 3 is 2.67 bits per heavy atom. The highest BCUT2D eigenvalue weighted by molar-refractivity contribution is 6.30. The lowest BCUT2D eigenvalue weighted by atomic mass is 9.96. The number of aliphatic carboxylic acids is 1. The molecular formula is C19H27ClFN3O3. The Morgan fingerprint density at radius 2 is 2.07 bits per heavy atom. The number of carboxylic acids is 1. The molecule has 1 heterocycles. The number of urea groups is 1. The molecule has 3 N–H and O–H groups in total. The first kappa shape index (κ1) is 21.4. The van der Waals surface area contributed by atoms with Gasteiger partial charge in [0.1, 0.15) is 5.82 Å². The second-order valence-electron chi connectivity index (χ2n) is 7.78.